The Kier molecular flexibility index (Phi) is 5.75. The standard InChI is InChI=1S/C19H25N3O4/c1-26-17-5-3-2-4-14(17)6-7-20-18(24)15-12-16(15)19(25)22-10-8-21(13-23)9-11-22/h2-5,13,15-16H,6-12H2,1H3,(H,20,24). The maximum Gasteiger partial charge on any atom is 0.226 e. The molecule has 2 aliphatic rings. The van der Waals surface area contributed by atoms with Crippen LogP contribution in [0.4, 0.5) is 0 Å². The molecule has 7 heteroatoms. The Balaban J connectivity index is 1.41. The summed E-state index contributed by atoms with van der Waals surface area (Å²) in [5.74, 6) is 0.384. The van der Waals surface area contributed by atoms with Crippen LogP contribution in [0.3, 0.4) is 0 Å². The Morgan fingerprint density at radius 1 is 1.19 bits per heavy atom. The summed E-state index contributed by atoms with van der Waals surface area (Å²) in [7, 11) is 1.63. The Hall–Kier alpha value is -2.57. The van der Waals surface area contributed by atoms with E-state index in [4.69, 9.17) is 4.74 Å². The van der Waals surface area contributed by atoms with Gasteiger partial charge >= 0.3 is 0 Å². The first-order valence-electron chi connectivity index (χ1n) is 9.01. The van der Waals surface area contributed by atoms with Gasteiger partial charge < -0.3 is 19.9 Å². The van der Waals surface area contributed by atoms with Gasteiger partial charge in [0.1, 0.15) is 5.75 Å². The monoisotopic (exact) mass is 359 g/mol. The van der Waals surface area contributed by atoms with Gasteiger partial charge in [-0.25, -0.2) is 0 Å². The molecule has 7 nitrogen and oxygen atoms in total. The summed E-state index contributed by atoms with van der Waals surface area (Å²) in [5, 5.41) is 2.93. The van der Waals surface area contributed by atoms with Gasteiger partial charge in [0.25, 0.3) is 0 Å². The van der Waals surface area contributed by atoms with Gasteiger partial charge in [0, 0.05) is 32.7 Å². The highest BCUT2D eigenvalue weighted by Gasteiger charge is 2.49. The van der Waals surface area contributed by atoms with Crippen LogP contribution in [0.1, 0.15) is 12.0 Å². The van der Waals surface area contributed by atoms with E-state index in [0.29, 0.717) is 45.6 Å². The van der Waals surface area contributed by atoms with E-state index in [-0.39, 0.29) is 23.7 Å². The lowest BCUT2D eigenvalue weighted by molar-refractivity contribution is -0.137. The van der Waals surface area contributed by atoms with E-state index in [2.05, 4.69) is 5.32 Å². The van der Waals surface area contributed by atoms with Crippen molar-refractivity contribution in [3.63, 3.8) is 0 Å². The van der Waals surface area contributed by atoms with Crippen molar-refractivity contribution in [3.05, 3.63) is 29.8 Å². The van der Waals surface area contributed by atoms with Crippen LogP contribution in [0.5, 0.6) is 5.75 Å². The van der Waals surface area contributed by atoms with E-state index in [9.17, 15) is 14.4 Å². The zero-order chi connectivity index (χ0) is 18.5. The van der Waals surface area contributed by atoms with E-state index >= 15 is 0 Å². The van der Waals surface area contributed by atoms with Gasteiger partial charge in [0.2, 0.25) is 18.2 Å². The number of rotatable bonds is 7. The molecule has 1 saturated heterocycles. The normalized spacial score (nSPS) is 21.9. The summed E-state index contributed by atoms with van der Waals surface area (Å²) in [4.78, 5) is 38.9. The highest BCUT2D eigenvalue weighted by molar-refractivity contribution is 5.92. The number of carbonyl (C=O) groups is 3. The van der Waals surface area contributed by atoms with E-state index in [1.54, 1.807) is 16.9 Å². The number of nitrogens with one attached hydrogen (secondary N) is 1. The van der Waals surface area contributed by atoms with Crippen LogP contribution in [0.2, 0.25) is 0 Å². The Bertz CT molecular complexity index is 671. The molecule has 3 amide bonds. The third kappa shape index (κ3) is 4.15. The molecule has 1 N–H and O–H groups in total. The van der Waals surface area contributed by atoms with E-state index in [0.717, 1.165) is 17.7 Å². The van der Waals surface area contributed by atoms with Crippen LogP contribution in [0.15, 0.2) is 24.3 Å². The van der Waals surface area contributed by atoms with E-state index in [1.165, 1.54) is 0 Å². The lowest BCUT2D eigenvalue weighted by Crippen LogP contribution is -2.48. The Morgan fingerprint density at radius 2 is 1.92 bits per heavy atom. The molecule has 0 radical (unpaired) electrons. The maximum atomic E-state index is 12.5. The third-order valence-electron chi connectivity index (χ3n) is 5.11. The fraction of sp³-hybridized carbons (Fsp3) is 0.526. The summed E-state index contributed by atoms with van der Waals surface area (Å²) in [6.07, 6.45) is 2.12. The van der Waals surface area contributed by atoms with Gasteiger partial charge in [0.15, 0.2) is 0 Å². The predicted molar refractivity (Wildman–Crippen MR) is 95.5 cm³/mol. The number of hydrogen-bond donors (Lipinski definition) is 1. The summed E-state index contributed by atoms with van der Waals surface area (Å²) >= 11 is 0. The minimum Gasteiger partial charge on any atom is -0.496 e. The zero-order valence-corrected chi connectivity index (χ0v) is 15.0. The van der Waals surface area contributed by atoms with Gasteiger partial charge in [-0.15, -0.1) is 0 Å². The Labute approximate surface area is 153 Å². The van der Waals surface area contributed by atoms with Crippen molar-refractivity contribution < 1.29 is 19.1 Å². The molecule has 0 aromatic heterocycles. The number of hydrogen-bond acceptors (Lipinski definition) is 4. The number of amides is 3. The predicted octanol–water partition coefficient (Wildman–Crippen LogP) is 0.291. The second-order valence-electron chi connectivity index (χ2n) is 6.77. The molecular formula is C19H25N3O4. The van der Waals surface area contributed by atoms with E-state index < -0.39 is 0 Å². The van der Waals surface area contributed by atoms with Crippen molar-refractivity contribution in [2.75, 3.05) is 39.8 Å². The minimum absolute atomic E-state index is 0.0421. The molecule has 1 aromatic carbocycles. The number of benzene rings is 1. The first kappa shape index (κ1) is 18.2. The number of carbonyl (C=O) groups excluding carboxylic acids is 3. The van der Waals surface area contributed by atoms with Crippen molar-refractivity contribution >= 4 is 18.2 Å². The Morgan fingerprint density at radius 3 is 2.62 bits per heavy atom. The number of para-hydroxylation sites is 1. The maximum absolute atomic E-state index is 12.5. The van der Waals surface area contributed by atoms with Crippen LogP contribution in [-0.4, -0.2) is 67.9 Å². The van der Waals surface area contributed by atoms with E-state index in [1.807, 2.05) is 24.3 Å². The zero-order valence-electron chi connectivity index (χ0n) is 15.0. The van der Waals surface area contributed by atoms with Crippen LogP contribution in [0, 0.1) is 11.8 Å². The molecule has 26 heavy (non-hydrogen) atoms. The van der Waals surface area contributed by atoms with Crippen molar-refractivity contribution in [1.29, 1.82) is 0 Å². The molecule has 0 bridgehead atoms. The van der Waals surface area contributed by atoms with Gasteiger partial charge in [-0.3, -0.25) is 14.4 Å². The van der Waals surface area contributed by atoms with Crippen LogP contribution in [0.25, 0.3) is 0 Å². The highest BCUT2D eigenvalue weighted by Crippen LogP contribution is 2.40. The smallest absolute Gasteiger partial charge is 0.226 e. The first-order chi connectivity index (χ1) is 12.6. The fourth-order valence-electron chi connectivity index (χ4n) is 3.40. The minimum atomic E-state index is -0.218. The molecule has 0 spiro atoms. The second-order valence-corrected chi connectivity index (χ2v) is 6.77. The quantitative estimate of drug-likeness (QED) is 0.710. The number of ether oxygens (including phenoxy) is 1. The first-order valence-corrected chi connectivity index (χ1v) is 9.01. The molecule has 1 aromatic rings. The number of piperazine rings is 1. The molecule has 140 valence electrons. The number of nitrogens with zero attached hydrogens (tertiary/aromatic N) is 2. The van der Waals surface area contributed by atoms with Crippen molar-refractivity contribution in [2.45, 2.75) is 12.8 Å². The summed E-state index contributed by atoms with van der Waals surface area (Å²) in [6, 6.07) is 7.74. The molecule has 1 aliphatic carbocycles. The van der Waals surface area contributed by atoms with Crippen LogP contribution >= 0.6 is 0 Å². The molecule has 2 unspecified atom stereocenters. The lowest BCUT2D eigenvalue weighted by Gasteiger charge is -2.32. The average molecular weight is 359 g/mol. The second kappa shape index (κ2) is 8.21. The SMILES string of the molecule is COc1ccccc1CCNC(=O)C1CC1C(=O)N1CCN(C=O)CC1. The molecule has 3 rings (SSSR count). The number of methoxy groups -OCH3 is 1. The summed E-state index contributed by atoms with van der Waals surface area (Å²) in [6.45, 7) is 2.76. The summed E-state index contributed by atoms with van der Waals surface area (Å²) in [5.41, 5.74) is 1.05. The molecule has 1 heterocycles. The van der Waals surface area contributed by atoms with Crippen LogP contribution in [-0.2, 0) is 20.8 Å². The van der Waals surface area contributed by atoms with Gasteiger partial charge in [-0.05, 0) is 24.5 Å². The van der Waals surface area contributed by atoms with Gasteiger partial charge in [0.05, 0.1) is 18.9 Å². The lowest BCUT2D eigenvalue weighted by atomic mass is 10.1. The van der Waals surface area contributed by atoms with Crippen LogP contribution < -0.4 is 10.1 Å². The molecule has 2 fully saturated rings. The van der Waals surface area contributed by atoms with Gasteiger partial charge in [-0.2, -0.15) is 0 Å². The third-order valence-corrected chi connectivity index (χ3v) is 5.11. The molecule has 2 atom stereocenters. The molecular weight excluding hydrogens is 334 g/mol. The average Bonchev–Trinajstić information content (AvgIpc) is 3.49. The molecule has 1 aliphatic heterocycles. The largest absolute Gasteiger partial charge is 0.496 e. The fourth-order valence-corrected chi connectivity index (χ4v) is 3.40. The highest BCUT2D eigenvalue weighted by atomic mass is 16.5. The molecule has 1 saturated carbocycles. The summed E-state index contributed by atoms with van der Waals surface area (Å²) < 4.78 is 5.31. The van der Waals surface area contributed by atoms with Crippen molar-refractivity contribution in [3.8, 4) is 5.75 Å². The topological polar surface area (TPSA) is 79.0 Å². The van der Waals surface area contributed by atoms with Crippen molar-refractivity contribution in [2.24, 2.45) is 11.8 Å². The van der Waals surface area contributed by atoms with Crippen molar-refractivity contribution in [1.82, 2.24) is 15.1 Å². The van der Waals surface area contributed by atoms with Gasteiger partial charge in [-0.1, -0.05) is 18.2 Å².